The summed E-state index contributed by atoms with van der Waals surface area (Å²) in [5.41, 5.74) is 3.89. The first kappa shape index (κ1) is 23.3. The van der Waals surface area contributed by atoms with Crippen LogP contribution in [0.15, 0.2) is 72.8 Å². The summed E-state index contributed by atoms with van der Waals surface area (Å²) >= 11 is 0.973. The standard InChI is InChI=1S/C26H23N3O4S/c1-17-9-11-18(12-10-17)14-27-25(32)21-7-2-3-8-22(21)28-24(31)20-6-4-5-19(13-20)15-29-23(30)16-34-26(29)33/h2-13H,14-16H2,1H3,(H,27,32)(H,28,31). The molecule has 0 radical (unpaired) electrons. The molecule has 0 bridgehead atoms. The van der Waals surface area contributed by atoms with Gasteiger partial charge in [0.1, 0.15) is 0 Å². The van der Waals surface area contributed by atoms with Gasteiger partial charge in [-0.2, -0.15) is 0 Å². The highest BCUT2D eigenvalue weighted by Gasteiger charge is 2.29. The molecule has 2 N–H and O–H groups in total. The summed E-state index contributed by atoms with van der Waals surface area (Å²) in [4.78, 5) is 50.6. The lowest BCUT2D eigenvalue weighted by Gasteiger charge is -2.14. The monoisotopic (exact) mass is 473 g/mol. The normalized spacial score (nSPS) is 13.1. The molecule has 1 saturated heterocycles. The summed E-state index contributed by atoms with van der Waals surface area (Å²) in [5, 5.41) is 5.40. The van der Waals surface area contributed by atoms with Gasteiger partial charge < -0.3 is 10.6 Å². The maximum Gasteiger partial charge on any atom is 0.289 e. The number of imide groups is 1. The SMILES string of the molecule is Cc1ccc(CNC(=O)c2ccccc2NC(=O)c2cccc(CN3C(=O)CSC3=O)c2)cc1. The van der Waals surface area contributed by atoms with Crippen molar-refractivity contribution >= 4 is 40.4 Å². The van der Waals surface area contributed by atoms with E-state index in [2.05, 4.69) is 10.6 Å². The van der Waals surface area contributed by atoms with E-state index < -0.39 is 5.91 Å². The Morgan fingerprint density at radius 3 is 2.41 bits per heavy atom. The van der Waals surface area contributed by atoms with Crippen LogP contribution in [-0.2, 0) is 17.9 Å². The van der Waals surface area contributed by atoms with Crippen LogP contribution in [0.1, 0.15) is 37.4 Å². The third-order valence-corrected chi connectivity index (χ3v) is 6.22. The second kappa shape index (κ2) is 10.4. The maximum absolute atomic E-state index is 12.9. The van der Waals surface area contributed by atoms with Crippen LogP contribution in [-0.4, -0.2) is 33.6 Å². The van der Waals surface area contributed by atoms with Crippen molar-refractivity contribution in [1.82, 2.24) is 10.2 Å². The first-order valence-electron chi connectivity index (χ1n) is 10.7. The van der Waals surface area contributed by atoms with Crippen molar-refractivity contribution in [1.29, 1.82) is 0 Å². The molecule has 1 aliphatic heterocycles. The van der Waals surface area contributed by atoms with Crippen LogP contribution in [0.25, 0.3) is 0 Å². The summed E-state index contributed by atoms with van der Waals surface area (Å²) in [7, 11) is 0. The molecule has 4 amide bonds. The number of nitrogens with one attached hydrogen (secondary N) is 2. The number of hydrogen-bond donors (Lipinski definition) is 2. The summed E-state index contributed by atoms with van der Waals surface area (Å²) < 4.78 is 0. The van der Waals surface area contributed by atoms with E-state index in [1.54, 1.807) is 48.5 Å². The first-order valence-corrected chi connectivity index (χ1v) is 11.7. The van der Waals surface area contributed by atoms with Gasteiger partial charge in [0, 0.05) is 12.1 Å². The van der Waals surface area contributed by atoms with Crippen LogP contribution in [0.4, 0.5) is 10.5 Å². The number of nitrogens with zero attached hydrogens (tertiary/aromatic N) is 1. The number of rotatable bonds is 7. The fourth-order valence-corrected chi connectivity index (χ4v) is 4.22. The largest absolute Gasteiger partial charge is 0.348 e. The number of carbonyl (C=O) groups is 4. The van der Waals surface area contributed by atoms with Crippen molar-refractivity contribution in [2.75, 3.05) is 11.1 Å². The first-order chi connectivity index (χ1) is 16.4. The molecule has 3 aromatic carbocycles. The van der Waals surface area contributed by atoms with Crippen molar-refractivity contribution in [2.45, 2.75) is 20.0 Å². The van der Waals surface area contributed by atoms with Gasteiger partial charge in [0.25, 0.3) is 17.1 Å². The van der Waals surface area contributed by atoms with E-state index in [9.17, 15) is 19.2 Å². The van der Waals surface area contributed by atoms with Crippen molar-refractivity contribution in [3.8, 4) is 0 Å². The zero-order valence-electron chi connectivity index (χ0n) is 18.5. The minimum atomic E-state index is -0.394. The second-order valence-electron chi connectivity index (χ2n) is 7.90. The summed E-state index contributed by atoms with van der Waals surface area (Å²) in [6.07, 6.45) is 0. The van der Waals surface area contributed by atoms with E-state index in [1.165, 1.54) is 4.90 Å². The van der Waals surface area contributed by atoms with Gasteiger partial charge in [0.05, 0.1) is 23.5 Å². The fraction of sp³-hybridized carbons (Fsp3) is 0.154. The Bertz CT molecular complexity index is 1240. The summed E-state index contributed by atoms with van der Waals surface area (Å²) in [6, 6.07) is 21.4. The van der Waals surface area contributed by atoms with E-state index >= 15 is 0 Å². The topological polar surface area (TPSA) is 95.6 Å². The molecular formula is C26H23N3O4S. The quantitative estimate of drug-likeness (QED) is 0.531. The van der Waals surface area contributed by atoms with Gasteiger partial charge in [-0.3, -0.25) is 24.1 Å². The summed E-state index contributed by atoms with van der Waals surface area (Å²) in [6.45, 7) is 2.49. The minimum absolute atomic E-state index is 0.115. The summed E-state index contributed by atoms with van der Waals surface area (Å²) in [5.74, 6) is -0.791. The van der Waals surface area contributed by atoms with Crippen molar-refractivity contribution in [2.24, 2.45) is 0 Å². The van der Waals surface area contributed by atoms with E-state index in [4.69, 9.17) is 0 Å². The Morgan fingerprint density at radius 2 is 1.68 bits per heavy atom. The number of thioether (sulfide) groups is 1. The van der Waals surface area contributed by atoms with Gasteiger partial charge in [-0.05, 0) is 42.3 Å². The highest BCUT2D eigenvalue weighted by molar-refractivity contribution is 8.14. The predicted octanol–water partition coefficient (Wildman–Crippen LogP) is 4.37. The maximum atomic E-state index is 12.9. The van der Waals surface area contributed by atoms with Gasteiger partial charge in [-0.15, -0.1) is 0 Å². The molecule has 8 heteroatoms. The highest BCUT2D eigenvalue weighted by atomic mass is 32.2. The number of aryl methyl sites for hydroxylation is 1. The lowest BCUT2D eigenvalue weighted by Crippen LogP contribution is -2.28. The molecule has 0 unspecified atom stereocenters. The van der Waals surface area contributed by atoms with Crippen LogP contribution in [0.2, 0.25) is 0 Å². The lowest BCUT2D eigenvalue weighted by atomic mass is 10.1. The van der Waals surface area contributed by atoms with Gasteiger partial charge in [0.2, 0.25) is 5.91 Å². The predicted molar refractivity (Wildman–Crippen MR) is 132 cm³/mol. The zero-order chi connectivity index (χ0) is 24.1. The van der Waals surface area contributed by atoms with Crippen LogP contribution >= 0.6 is 11.8 Å². The highest BCUT2D eigenvalue weighted by Crippen LogP contribution is 2.22. The van der Waals surface area contributed by atoms with Crippen molar-refractivity contribution in [3.63, 3.8) is 0 Å². The zero-order valence-corrected chi connectivity index (χ0v) is 19.4. The van der Waals surface area contributed by atoms with Crippen molar-refractivity contribution < 1.29 is 19.2 Å². The number of amides is 4. The lowest BCUT2D eigenvalue weighted by molar-refractivity contribution is -0.125. The Balaban J connectivity index is 1.44. The molecule has 1 fully saturated rings. The Hall–Kier alpha value is -3.91. The van der Waals surface area contributed by atoms with Crippen LogP contribution in [0.3, 0.4) is 0 Å². The second-order valence-corrected chi connectivity index (χ2v) is 8.83. The molecule has 0 atom stereocenters. The van der Waals surface area contributed by atoms with E-state index in [1.807, 2.05) is 31.2 Å². The average molecular weight is 474 g/mol. The Labute approximate surface area is 201 Å². The molecule has 1 heterocycles. The van der Waals surface area contributed by atoms with Crippen LogP contribution in [0, 0.1) is 6.92 Å². The smallest absolute Gasteiger partial charge is 0.289 e. The van der Waals surface area contributed by atoms with E-state index in [0.29, 0.717) is 28.9 Å². The molecule has 0 aromatic heterocycles. The third-order valence-electron chi connectivity index (χ3n) is 5.36. The molecular weight excluding hydrogens is 450 g/mol. The van der Waals surface area contributed by atoms with Gasteiger partial charge in [-0.1, -0.05) is 65.9 Å². The minimum Gasteiger partial charge on any atom is -0.348 e. The number of anilines is 1. The molecule has 3 aromatic rings. The van der Waals surface area contributed by atoms with E-state index in [-0.39, 0.29) is 29.4 Å². The molecule has 1 aliphatic rings. The van der Waals surface area contributed by atoms with Gasteiger partial charge in [0.15, 0.2) is 0 Å². The molecule has 4 rings (SSSR count). The molecule has 172 valence electrons. The molecule has 7 nitrogen and oxygen atoms in total. The fourth-order valence-electron chi connectivity index (χ4n) is 3.50. The van der Waals surface area contributed by atoms with Gasteiger partial charge in [-0.25, -0.2) is 0 Å². The van der Waals surface area contributed by atoms with Crippen LogP contribution in [0.5, 0.6) is 0 Å². The Kier molecular flexibility index (Phi) is 7.08. The Morgan fingerprint density at radius 1 is 0.912 bits per heavy atom. The molecule has 0 saturated carbocycles. The number of hydrogen-bond acceptors (Lipinski definition) is 5. The third kappa shape index (κ3) is 5.52. The number of benzene rings is 3. The number of carbonyl (C=O) groups excluding carboxylic acids is 4. The van der Waals surface area contributed by atoms with Crippen LogP contribution < -0.4 is 10.6 Å². The molecule has 0 spiro atoms. The molecule has 0 aliphatic carbocycles. The van der Waals surface area contributed by atoms with E-state index in [0.717, 1.165) is 22.9 Å². The van der Waals surface area contributed by atoms with Gasteiger partial charge >= 0.3 is 0 Å². The molecule has 34 heavy (non-hydrogen) atoms. The number of para-hydroxylation sites is 1. The van der Waals surface area contributed by atoms with Crippen molar-refractivity contribution in [3.05, 3.63) is 101 Å². The average Bonchev–Trinajstić information content (AvgIpc) is 3.16.